The molecule has 1 heterocycles. The van der Waals surface area contributed by atoms with Gasteiger partial charge in [-0.1, -0.05) is 24.3 Å². The molecule has 6 heteroatoms. The van der Waals surface area contributed by atoms with E-state index in [0.29, 0.717) is 30.6 Å². The second-order valence-electron chi connectivity index (χ2n) is 6.03. The smallest absolute Gasteiger partial charge is 0.342 e. The molecule has 2 rings (SSSR count). The molecule has 0 spiro atoms. The lowest BCUT2D eigenvalue weighted by Crippen LogP contribution is -2.23. The van der Waals surface area contributed by atoms with Crippen LogP contribution in [-0.2, 0) is 4.74 Å². The van der Waals surface area contributed by atoms with E-state index in [4.69, 9.17) is 9.47 Å². The normalized spacial score (nSPS) is 27.5. The van der Waals surface area contributed by atoms with Crippen LogP contribution in [0.1, 0.15) is 42.1 Å². The maximum atomic E-state index is 12.5. The molecule has 0 saturated heterocycles. The minimum atomic E-state index is -0.962. The standard InChI is InChI=1S/C19H24O6/c1-12-6-5-9-16(21)15(20)8-4-3-7-13-10-14(24-2)11-17(22)18(13)19(23)25-12/h3,5,7,9-12,15-16,20-22H,4,6,8H2,1-2H3/b7-3+,9-5+/t12-,15-,16-/m0/s1. The summed E-state index contributed by atoms with van der Waals surface area (Å²) in [7, 11) is 1.47. The maximum absolute atomic E-state index is 12.5. The number of benzene rings is 1. The Bertz CT molecular complexity index is 664. The summed E-state index contributed by atoms with van der Waals surface area (Å²) in [6, 6.07) is 3.00. The fourth-order valence-electron chi connectivity index (χ4n) is 2.57. The minimum absolute atomic E-state index is 0.0746. The summed E-state index contributed by atoms with van der Waals surface area (Å²) in [5.41, 5.74) is 0.544. The third-order valence-electron chi connectivity index (χ3n) is 3.99. The lowest BCUT2D eigenvalue weighted by Gasteiger charge is -2.17. The van der Waals surface area contributed by atoms with E-state index in [1.807, 2.05) is 0 Å². The van der Waals surface area contributed by atoms with Crippen LogP contribution in [0.5, 0.6) is 11.5 Å². The van der Waals surface area contributed by atoms with Gasteiger partial charge in [0.1, 0.15) is 23.2 Å². The van der Waals surface area contributed by atoms with Gasteiger partial charge in [-0.05, 0) is 31.4 Å². The fourth-order valence-corrected chi connectivity index (χ4v) is 2.57. The number of aliphatic hydroxyl groups is 2. The van der Waals surface area contributed by atoms with Gasteiger partial charge in [0.05, 0.1) is 19.3 Å². The van der Waals surface area contributed by atoms with Crippen LogP contribution in [0, 0.1) is 0 Å². The van der Waals surface area contributed by atoms with Gasteiger partial charge < -0.3 is 24.8 Å². The summed E-state index contributed by atoms with van der Waals surface area (Å²) in [4.78, 5) is 12.5. The molecule has 0 saturated carbocycles. The molecule has 3 N–H and O–H groups in total. The van der Waals surface area contributed by atoms with Gasteiger partial charge in [0.2, 0.25) is 0 Å². The first-order valence-electron chi connectivity index (χ1n) is 8.23. The van der Waals surface area contributed by atoms with Crippen molar-refractivity contribution in [3.63, 3.8) is 0 Å². The van der Waals surface area contributed by atoms with Crippen LogP contribution >= 0.6 is 0 Å². The Morgan fingerprint density at radius 2 is 2.00 bits per heavy atom. The van der Waals surface area contributed by atoms with E-state index in [1.165, 1.54) is 19.3 Å². The highest BCUT2D eigenvalue weighted by Crippen LogP contribution is 2.30. The van der Waals surface area contributed by atoms with Crippen LogP contribution in [-0.4, -0.2) is 46.7 Å². The van der Waals surface area contributed by atoms with Crippen molar-refractivity contribution in [3.05, 3.63) is 41.5 Å². The third-order valence-corrected chi connectivity index (χ3v) is 3.99. The number of aromatic hydroxyl groups is 1. The van der Waals surface area contributed by atoms with E-state index in [9.17, 15) is 20.1 Å². The number of esters is 1. The van der Waals surface area contributed by atoms with Gasteiger partial charge in [0, 0.05) is 12.5 Å². The van der Waals surface area contributed by atoms with Crippen LogP contribution in [0.3, 0.4) is 0 Å². The highest BCUT2D eigenvalue weighted by Gasteiger charge is 2.21. The average molecular weight is 348 g/mol. The summed E-state index contributed by atoms with van der Waals surface area (Å²) in [6.07, 6.45) is 5.57. The van der Waals surface area contributed by atoms with Crippen LogP contribution in [0.4, 0.5) is 0 Å². The number of carbonyl (C=O) groups excluding carboxylic acids is 1. The van der Waals surface area contributed by atoms with Crippen molar-refractivity contribution in [2.45, 2.75) is 44.5 Å². The number of hydrogen-bond donors (Lipinski definition) is 3. The number of phenolic OH excluding ortho intramolecular Hbond substituents is 1. The molecule has 0 fully saturated rings. The van der Waals surface area contributed by atoms with Crippen LogP contribution in [0.25, 0.3) is 6.08 Å². The Labute approximate surface area is 147 Å². The Morgan fingerprint density at radius 3 is 2.72 bits per heavy atom. The highest BCUT2D eigenvalue weighted by molar-refractivity contribution is 5.97. The molecule has 0 bridgehead atoms. The number of aliphatic hydroxyl groups excluding tert-OH is 2. The molecule has 0 radical (unpaired) electrons. The predicted molar refractivity (Wildman–Crippen MR) is 93.6 cm³/mol. The van der Waals surface area contributed by atoms with Gasteiger partial charge >= 0.3 is 5.97 Å². The van der Waals surface area contributed by atoms with Gasteiger partial charge in [0.15, 0.2) is 0 Å². The molecule has 3 atom stereocenters. The molecular weight excluding hydrogens is 324 g/mol. The van der Waals surface area contributed by atoms with E-state index < -0.39 is 24.3 Å². The number of fused-ring (bicyclic) bond motifs is 1. The molecule has 1 aliphatic rings. The lowest BCUT2D eigenvalue weighted by molar-refractivity contribution is 0.0337. The zero-order chi connectivity index (χ0) is 18.4. The Balaban J connectivity index is 2.39. The summed E-state index contributed by atoms with van der Waals surface area (Å²) in [6.45, 7) is 1.72. The number of carbonyl (C=O) groups is 1. The molecule has 0 amide bonds. The van der Waals surface area contributed by atoms with Crippen LogP contribution in [0.2, 0.25) is 0 Å². The molecule has 0 aliphatic carbocycles. The number of rotatable bonds is 1. The number of ether oxygens (including phenoxy) is 2. The first-order chi connectivity index (χ1) is 11.9. The quantitative estimate of drug-likeness (QED) is 0.533. The average Bonchev–Trinajstić information content (AvgIpc) is 2.56. The largest absolute Gasteiger partial charge is 0.507 e. The SMILES string of the molecule is COc1cc(O)c2c(c1)/C=C/CC[C@H](O)[C@@H](O)/C=C/C[C@H](C)OC2=O. The van der Waals surface area contributed by atoms with Crippen LogP contribution < -0.4 is 4.74 Å². The molecule has 25 heavy (non-hydrogen) atoms. The van der Waals surface area contributed by atoms with Gasteiger partial charge in [-0.25, -0.2) is 4.79 Å². The summed E-state index contributed by atoms with van der Waals surface area (Å²) in [5.74, 6) is -0.422. The number of phenols is 1. The van der Waals surface area contributed by atoms with E-state index in [2.05, 4.69) is 0 Å². The number of methoxy groups -OCH3 is 1. The van der Waals surface area contributed by atoms with Crippen molar-refractivity contribution in [1.29, 1.82) is 0 Å². The Hall–Kier alpha value is -2.31. The molecule has 1 aromatic rings. The van der Waals surface area contributed by atoms with Crippen LogP contribution in [0.15, 0.2) is 30.4 Å². The first-order valence-corrected chi connectivity index (χ1v) is 8.23. The molecule has 1 aliphatic heterocycles. The molecule has 0 aromatic heterocycles. The molecule has 6 nitrogen and oxygen atoms in total. The van der Waals surface area contributed by atoms with Crippen molar-refractivity contribution in [1.82, 2.24) is 0 Å². The monoisotopic (exact) mass is 348 g/mol. The number of allylic oxidation sites excluding steroid dienone is 1. The second kappa shape index (κ2) is 8.69. The van der Waals surface area contributed by atoms with Crippen molar-refractivity contribution < 1.29 is 29.6 Å². The molecule has 1 aromatic carbocycles. The number of hydrogen-bond acceptors (Lipinski definition) is 6. The summed E-state index contributed by atoms with van der Waals surface area (Å²) in [5, 5.41) is 30.0. The van der Waals surface area contributed by atoms with Gasteiger partial charge in [-0.2, -0.15) is 0 Å². The van der Waals surface area contributed by atoms with Crippen molar-refractivity contribution >= 4 is 12.0 Å². The van der Waals surface area contributed by atoms with E-state index >= 15 is 0 Å². The van der Waals surface area contributed by atoms with Crippen molar-refractivity contribution in [2.24, 2.45) is 0 Å². The molecule has 136 valence electrons. The van der Waals surface area contributed by atoms with E-state index in [-0.39, 0.29) is 11.3 Å². The van der Waals surface area contributed by atoms with E-state index in [1.54, 1.807) is 31.2 Å². The molecule has 0 unspecified atom stereocenters. The van der Waals surface area contributed by atoms with Crippen molar-refractivity contribution in [2.75, 3.05) is 7.11 Å². The number of cyclic esters (lactones) is 1. The fraction of sp³-hybridized carbons (Fsp3) is 0.421. The Morgan fingerprint density at radius 1 is 1.24 bits per heavy atom. The topological polar surface area (TPSA) is 96.2 Å². The third kappa shape index (κ3) is 5.08. The van der Waals surface area contributed by atoms with E-state index in [0.717, 1.165) is 0 Å². The Kier molecular flexibility index (Phi) is 6.61. The first kappa shape index (κ1) is 19.0. The highest BCUT2D eigenvalue weighted by atomic mass is 16.5. The maximum Gasteiger partial charge on any atom is 0.342 e. The van der Waals surface area contributed by atoms with Gasteiger partial charge in [0.25, 0.3) is 0 Å². The van der Waals surface area contributed by atoms with Gasteiger partial charge in [-0.15, -0.1) is 0 Å². The lowest BCUT2D eigenvalue weighted by atomic mass is 10.0. The summed E-state index contributed by atoms with van der Waals surface area (Å²) >= 11 is 0. The zero-order valence-corrected chi connectivity index (χ0v) is 14.4. The predicted octanol–water partition coefficient (Wildman–Crippen LogP) is 2.42. The van der Waals surface area contributed by atoms with Crippen molar-refractivity contribution in [3.8, 4) is 11.5 Å². The molecular formula is C19H24O6. The minimum Gasteiger partial charge on any atom is -0.507 e. The zero-order valence-electron chi connectivity index (χ0n) is 14.4. The second-order valence-corrected chi connectivity index (χ2v) is 6.03. The summed E-state index contributed by atoms with van der Waals surface area (Å²) < 4.78 is 10.5. The van der Waals surface area contributed by atoms with Gasteiger partial charge in [-0.3, -0.25) is 0 Å².